The lowest BCUT2D eigenvalue weighted by Gasteiger charge is -2.32. The van der Waals surface area contributed by atoms with Crippen LogP contribution in [0.4, 0.5) is 0 Å². The monoisotopic (exact) mass is 324 g/mol. The molecular formula is C22H28O2. The van der Waals surface area contributed by atoms with Gasteiger partial charge in [0.15, 0.2) is 11.6 Å². The number of hydrogen-bond donors (Lipinski definition) is 0. The molecule has 0 N–H and O–H groups in total. The van der Waals surface area contributed by atoms with Crippen LogP contribution in [0, 0.1) is 10.8 Å². The Morgan fingerprint density at radius 1 is 0.583 bits per heavy atom. The van der Waals surface area contributed by atoms with Gasteiger partial charge in [-0.25, -0.2) is 0 Å². The van der Waals surface area contributed by atoms with Gasteiger partial charge in [-0.15, -0.1) is 0 Å². The van der Waals surface area contributed by atoms with E-state index in [1.54, 1.807) is 0 Å². The highest BCUT2D eigenvalue weighted by molar-refractivity contribution is 6.12. The van der Waals surface area contributed by atoms with Gasteiger partial charge in [0.05, 0.1) is 0 Å². The van der Waals surface area contributed by atoms with E-state index in [9.17, 15) is 9.59 Å². The standard InChI is InChI=1S/C22H28O2/c1-13-9-15(10-14(2)19(13)23)16-11-17(21(3,4)5)20(24)18(12-16)22(6,7)8/h9-12H,1-8H3. The van der Waals surface area contributed by atoms with Gasteiger partial charge < -0.3 is 0 Å². The number of hydrogen-bond acceptors (Lipinski definition) is 2. The van der Waals surface area contributed by atoms with E-state index in [2.05, 4.69) is 41.5 Å². The minimum Gasteiger partial charge on any atom is -0.289 e. The lowest BCUT2D eigenvalue weighted by Crippen LogP contribution is -2.28. The molecule has 0 radical (unpaired) electrons. The molecule has 2 rings (SSSR count). The average molecular weight is 324 g/mol. The summed E-state index contributed by atoms with van der Waals surface area (Å²) in [6.07, 6.45) is 7.84. The summed E-state index contributed by atoms with van der Waals surface area (Å²) in [5, 5.41) is 0. The van der Waals surface area contributed by atoms with Crippen LogP contribution >= 0.6 is 0 Å². The molecule has 0 fully saturated rings. The topological polar surface area (TPSA) is 34.1 Å². The van der Waals surface area contributed by atoms with Gasteiger partial charge in [-0.05, 0) is 71.3 Å². The van der Waals surface area contributed by atoms with Gasteiger partial charge in [-0.3, -0.25) is 9.59 Å². The molecule has 128 valence electrons. The molecule has 0 saturated heterocycles. The van der Waals surface area contributed by atoms with Crippen LogP contribution in [-0.2, 0) is 9.59 Å². The van der Waals surface area contributed by atoms with Gasteiger partial charge in [0.25, 0.3) is 0 Å². The van der Waals surface area contributed by atoms with Crippen molar-refractivity contribution in [1.82, 2.24) is 0 Å². The minimum absolute atomic E-state index is 0.0892. The highest BCUT2D eigenvalue weighted by Gasteiger charge is 2.34. The van der Waals surface area contributed by atoms with Crippen LogP contribution < -0.4 is 0 Å². The fraction of sp³-hybridized carbons (Fsp3) is 0.455. The van der Waals surface area contributed by atoms with Crippen LogP contribution in [0.3, 0.4) is 0 Å². The Morgan fingerprint density at radius 2 is 0.917 bits per heavy atom. The van der Waals surface area contributed by atoms with E-state index >= 15 is 0 Å². The van der Waals surface area contributed by atoms with Crippen molar-refractivity contribution < 1.29 is 9.59 Å². The van der Waals surface area contributed by atoms with Gasteiger partial charge in [0, 0.05) is 11.1 Å². The molecule has 0 amide bonds. The zero-order valence-corrected chi connectivity index (χ0v) is 16.1. The maximum atomic E-state index is 13.0. The predicted molar refractivity (Wildman–Crippen MR) is 99.6 cm³/mol. The van der Waals surface area contributed by atoms with Crippen LogP contribution in [0.15, 0.2) is 57.7 Å². The van der Waals surface area contributed by atoms with Crippen LogP contribution in [0.1, 0.15) is 55.4 Å². The number of rotatable bonds is 0. The third-order valence-electron chi connectivity index (χ3n) is 4.50. The van der Waals surface area contributed by atoms with Crippen molar-refractivity contribution in [2.75, 3.05) is 0 Å². The molecule has 0 spiro atoms. The molecule has 2 aliphatic carbocycles. The van der Waals surface area contributed by atoms with Gasteiger partial charge in [-0.1, -0.05) is 41.5 Å². The van der Waals surface area contributed by atoms with E-state index in [-0.39, 0.29) is 22.4 Å². The largest absolute Gasteiger partial charge is 0.289 e. The molecule has 0 bridgehead atoms. The second-order valence-electron chi connectivity index (χ2n) is 8.84. The van der Waals surface area contributed by atoms with Crippen molar-refractivity contribution in [1.29, 1.82) is 0 Å². The van der Waals surface area contributed by atoms with E-state index in [4.69, 9.17) is 0 Å². The first kappa shape index (κ1) is 18.4. The summed E-state index contributed by atoms with van der Waals surface area (Å²) in [5.74, 6) is 0.221. The quantitative estimate of drug-likeness (QED) is 0.607. The molecule has 2 nitrogen and oxygen atoms in total. The van der Waals surface area contributed by atoms with E-state index in [0.717, 1.165) is 33.4 Å². The molecule has 2 aliphatic rings. The predicted octanol–water partition coefficient (Wildman–Crippen LogP) is 5.29. The molecule has 0 aromatic rings. The summed E-state index contributed by atoms with van der Waals surface area (Å²) < 4.78 is 0. The zero-order valence-electron chi connectivity index (χ0n) is 16.1. The van der Waals surface area contributed by atoms with Crippen molar-refractivity contribution in [2.45, 2.75) is 55.4 Å². The Labute approximate surface area is 145 Å². The van der Waals surface area contributed by atoms with E-state index < -0.39 is 0 Å². The van der Waals surface area contributed by atoms with E-state index in [1.165, 1.54) is 0 Å². The Balaban J connectivity index is 2.74. The highest BCUT2D eigenvalue weighted by Crippen LogP contribution is 2.40. The SMILES string of the molecule is CC1=CC(=C2C=C(C(C)(C)C)C(=O)C(C(C)(C)C)=C2)C=C(C)C1=O. The molecule has 2 heteroatoms. The van der Waals surface area contributed by atoms with Gasteiger partial charge in [0.2, 0.25) is 0 Å². The molecule has 0 aromatic carbocycles. The van der Waals surface area contributed by atoms with Crippen LogP contribution in [0.5, 0.6) is 0 Å². The highest BCUT2D eigenvalue weighted by atomic mass is 16.1. The van der Waals surface area contributed by atoms with Gasteiger partial charge in [0.1, 0.15) is 0 Å². The minimum atomic E-state index is -0.227. The summed E-state index contributed by atoms with van der Waals surface area (Å²) in [7, 11) is 0. The van der Waals surface area contributed by atoms with Crippen molar-refractivity contribution in [2.24, 2.45) is 10.8 Å². The third-order valence-corrected chi connectivity index (χ3v) is 4.50. The van der Waals surface area contributed by atoms with Gasteiger partial charge in [-0.2, -0.15) is 0 Å². The number of allylic oxidation sites excluding steroid dienone is 10. The number of carbonyl (C=O) groups excluding carboxylic acids is 2. The van der Waals surface area contributed by atoms with Crippen molar-refractivity contribution in [3.8, 4) is 0 Å². The fourth-order valence-electron chi connectivity index (χ4n) is 3.03. The molecule has 0 aromatic heterocycles. The number of Topliss-reactive ketones (excluding diaryl/α,β-unsaturated/α-hetero) is 2. The summed E-state index contributed by atoms with van der Waals surface area (Å²) in [4.78, 5) is 25.0. The summed E-state index contributed by atoms with van der Waals surface area (Å²) in [5.41, 5.74) is 4.69. The molecular weight excluding hydrogens is 296 g/mol. The first-order chi connectivity index (χ1) is 10.8. The molecule has 0 atom stereocenters. The molecule has 0 unspecified atom stereocenters. The maximum absolute atomic E-state index is 13.0. The molecule has 0 aliphatic heterocycles. The number of ketones is 2. The average Bonchev–Trinajstić information content (AvgIpc) is 2.41. The van der Waals surface area contributed by atoms with Crippen LogP contribution in [0.2, 0.25) is 0 Å². The summed E-state index contributed by atoms with van der Waals surface area (Å²) in [6.45, 7) is 16.1. The van der Waals surface area contributed by atoms with Crippen molar-refractivity contribution >= 4 is 11.6 Å². The Bertz CT molecular complexity index is 704. The number of carbonyl (C=O) groups is 2. The lowest BCUT2D eigenvalue weighted by molar-refractivity contribution is -0.114. The molecule has 24 heavy (non-hydrogen) atoms. The molecule has 0 saturated carbocycles. The summed E-state index contributed by atoms with van der Waals surface area (Å²) >= 11 is 0. The summed E-state index contributed by atoms with van der Waals surface area (Å²) in [6, 6.07) is 0. The Morgan fingerprint density at radius 3 is 1.25 bits per heavy atom. The second-order valence-corrected chi connectivity index (χ2v) is 8.84. The second kappa shape index (κ2) is 5.84. The van der Waals surface area contributed by atoms with Crippen LogP contribution in [-0.4, -0.2) is 11.6 Å². The van der Waals surface area contributed by atoms with E-state index in [1.807, 2.05) is 38.2 Å². The Kier molecular flexibility index (Phi) is 4.47. The first-order valence-electron chi connectivity index (χ1n) is 8.47. The fourth-order valence-corrected chi connectivity index (χ4v) is 3.03. The van der Waals surface area contributed by atoms with E-state index in [0.29, 0.717) is 0 Å². The Hall–Kier alpha value is -1.96. The van der Waals surface area contributed by atoms with Crippen molar-refractivity contribution in [3.05, 3.63) is 57.7 Å². The van der Waals surface area contributed by atoms with Gasteiger partial charge >= 0.3 is 0 Å². The maximum Gasteiger partial charge on any atom is 0.186 e. The normalized spacial score (nSPS) is 19.8. The lowest BCUT2D eigenvalue weighted by atomic mass is 9.71. The van der Waals surface area contributed by atoms with Crippen molar-refractivity contribution in [3.63, 3.8) is 0 Å². The molecule has 0 heterocycles. The smallest absolute Gasteiger partial charge is 0.186 e. The zero-order chi connectivity index (χ0) is 18.4. The van der Waals surface area contributed by atoms with Crippen LogP contribution in [0.25, 0.3) is 0 Å². The third kappa shape index (κ3) is 3.43. The first-order valence-corrected chi connectivity index (χ1v) is 8.47.